The quantitative estimate of drug-likeness (QED) is 0.593. The molecule has 1 saturated heterocycles. The van der Waals surface area contributed by atoms with E-state index in [2.05, 4.69) is 17.2 Å². The van der Waals surface area contributed by atoms with Crippen LogP contribution in [0.25, 0.3) is 0 Å². The maximum Gasteiger partial charge on any atom is 0.254 e. The fraction of sp³-hybridized carbons (Fsp3) is 0.611. The van der Waals surface area contributed by atoms with E-state index in [9.17, 15) is 9.59 Å². The smallest absolute Gasteiger partial charge is 0.254 e. The summed E-state index contributed by atoms with van der Waals surface area (Å²) in [6, 6.07) is 3.28. The van der Waals surface area contributed by atoms with Crippen LogP contribution in [0.3, 0.4) is 0 Å². The van der Waals surface area contributed by atoms with Gasteiger partial charge in [0.05, 0.1) is 6.61 Å². The lowest BCUT2D eigenvalue weighted by Crippen LogP contribution is -2.45. The Labute approximate surface area is 153 Å². The summed E-state index contributed by atoms with van der Waals surface area (Å²) in [6.45, 7) is 4.49. The van der Waals surface area contributed by atoms with E-state index < -0.39 is 0 Å². The number of carbonyl (C=O) groups excluding carboxylic acids is 2. The number of pyridine rings is 1. The van der Waals surface area contributed by atoms with E-state index in [-0.39, 0.29) is 11.8 Å². The van der Waals surface area contributed by atoms with Gasteiger partial charge in [-0.05, 0) is 30.4 Å². The van der Waals surface area contributed by atoms with Gasteiger partial charge < -0.3 is 15.0 Å². The van der Waals surface area contributed by atoms with Crippen molar-refractivity contribution in [3.05, 3.63) is 29.0 Å². The molecule has 2 amide bonds. The predicted octanol–water partition coefficient (Wildman–Crippen LogP) is 2.38. The van der Waals surface area contributed by atoms with Crippen LogP contribution in [-0.2, 0) is 9.53 Å². The molecule has 138 valence electrons. The summed E-state index contributed by atoms with van der Waals surface area (Å²) in [5.74, 6) is 0.660. The predicted molar refractivity (Wildman–Crippen MR) is 96.5 cm³/mol. The molecule has 6 nitrogen and oxygen atoms in total. The van der Waals surface area contributed by atoms with Crippen LogP contribution in [0, 0.1) is 11.8 Å². The van der Waals surface area contributed by atoms with Gasteiger partial charge in [0.25, 0.3) is 5.91 Å². The number of carbonyl (C=O) groups is 2. The molecule has 0 aliphatic carbocycles. The fourth-order valence-electron chi connectivity index (χ4n) is 3.32. The second-order valence-corrected chi connectivity index (χ2v) is 6.77. The van der Waals surface area contributed by atoms with E-state index in [0.29, 0.717) is 55.2 Å². The number of likely N-dealkylation sites (tertiary alicyclic amines) is 1. The molecule has 0 radical (unpaired) electrons. The van der Waals surface area contributed by atoms with Crippen molar-refractivity contribution in [1.82, 2.24) is 15.2 Å². The Bertz CT molecular complexity index is 597. The van der Waals surface area contributed by atoms with Gasteiger partial charge in [0.2, 0.25) is 5.91 Å². The molecule has 0 saturated carbocycles. The van der Waals surface area contributed by atoms with E-state index in [4.69, 9.17) is 16.3 Å². The van der Waals surface area contributed by atoms with Crippen molar-refractivity contribution in [1.29, 1.82) is 0 Å². The van der Waals surface area contributed by atoms with Gasteiger partial charge in [0.1, 0.15) is 5.15 Å². The standard InChI is InChI=1S/C18H26ClN3O3/c1-3-13-12-22(18(24)15-4-6-20-16(19)10-15)8-5-14(13)11-17(23)21-7-9-25-2/h4,6,10,13-14H,3,5,7-9,11-12H2,1-2H3,(H,21,23). The molecule has 2 heterocycles. The number of nitrogens with one attached hydrogen (secondary N) is 1. The van der Waals surface area contributed by atoms with Crippen molar-refractivity contribution in [3.8, 4) is 0 Å². The zero-order valence-corrected chi connectivity index (χ0v) is 15.6. The molecule has 0 bridgehead atoms. The van der Waals surface area contributed by atoms with Gasteiger partial charge in [-0.25, -0.2) is 4.98 Å². The molecule has 1 aromatic rings. The highest BCUT2D eigenvalue weighted by atomic mass is 35.5. The van der Waals surface area contributed by atoms with Crippen molar-refractivity contribution in [2.45, 2.75) is 26.2 Å². The molecule has 0 aromatic carbocycles. The average Bonchev–Trinajstić information content (AvgIpc) is 2.61. The van der Waals surface area contributed by atoms with Crippen LogP contribution in [0.15, 0.2) is 18.3 Å². The molecule has 2 atom stereocenters. The van der Waals surface area contributed by atoms with E-state index in [1.807, 2.05) is 4.90 Å². The minimum atomic E-state index is -0.0225. The second kappa shape index (κ2) is 9.73. The highest BCUT2D eigenvalue weighted by Gasteiger charge is 2.32. The van der Waals surface area contributed by atoms with Crippen LogP contribution in [0.4, 0.5) is 0 Å². The molecule has 1 fully saturated rings. The molecular formula is C18H26ClN3O3. The van der Waals surface area contributed by atoms with Crippen LogP contribution >= 0.6 is 11.6 Å². The maximum absolute atomic E-state index is 12.7. The van der Waals surface area contributed by atoms with Crippen LogP contribution in [0.1, 0.15) is 36.5 Å². The molecule has 1 aromatic heterocycles. The number of methoxy groups -OCH3 is 1. The van der Waals surface area contributed by atoms with Crippen LogP contribution in [0.5, 0.6) is 0 Å². The second-order valence-electron chi connectivity index (χ2n) is 6.38. The highest BCUT2D eigenvalue weighted by Crippen LogP contribution is 2.29. The Kier molecular flexibility index (Phi) is 7.65. The van der Waals surface area contributed by atoms with Gasteiger partial charge in [0.15, 0.2) is 0 Å². The van der Waals surface area contributed by atoms with Crippen molar-refractivity contribution >= 4 is 23.4 Å². The maximum atomic E-state index is 12.7. The van der Waals surface area contributed by atoms with Gasteiger partial charge in [-0.15, -0.1) is 0 Å². The average molecular weight is 368 g/mol. The summed E-state index contributed by atoms with van der Waals surface area (Å²) in [5.41, 5.74) is 0.561. The number of aromatic nitrogens is 1. The van der Waals surface area contributed by atoms with Crippen LogP contribution < -0.4 is 5.32 Å². The first kappa shape index (κ1) is 19.7. The minimum absolute atomic E-state index is 0.0225. The van der Waals surface area contributed by atoms with Crippen molar-refractivity contribution < 1.29 is 14.3 Å². The molecule has 1 aliphatic rings. The third-order valence-corrected chi connectivity index (χ3v) is 4.96. The van der Waals surface area contributed by atoms with Crippen LogP contribution in [0.2, 0.25) is 5.15 Å². The van der Waals surface area contributed by atoms with E-state index in [1.54, 1.807) is 25.4 Å². The fourth-order valence-corrected chi connectivity index (χ4v) is 3.49. The Morgan fingerprint density at radius 1 is 1.44 bits per heavy atom. The molecule has 2 rings (SSSR count). The SMILES string of the molecule is CCC1CN(C(=O)c2ccnc(Cl)c2)CCC1CC(=O)NCCOC. The first-order chi connectivity index (χ1) is 12.0. The first-order valence-corrected chi connectivity index (χ1v) is 9.09. The molecular weight excluding hydrogens is 342 g/mol. The number of hydrogen-bond donors (Lipinski definition) is 1. The van der Waals surface area contributed by atoms with Gasteiger partial charge in [0, 0.05) is 44.9 Å². The zero-order valence-electron chi connectivity index (χ0n) is 14.8. The van der Waals surface area contributed by atoms with Gasteiger partial charge in [-0.1, -0.05) is 24.9 Å². The molecule has 1 N–H and O–H groups in total. The summed E-state index contributed by atoms with van der Waals surface area (Å²) in [5, 5.41) is 3.20. The summed E-state index contributed by atoms with van der Waals surface area (Å²) in [7, 11) is 1.61. The number of ether oxygens (including phenoxy) is 1. The number of rotatable bonds is 7. The Hall–Kier alpha value is -1.66. The summed E-state index contributed by atoms with van der Waals surface area (Å²) < 4.78 is 4.94. The number of amides is 2. The van der Waals surface area contributed by atoms with Crippen LogP contribution in [-0.4, -0.2) is 55.0 Å². The van der Waals surface area contributed by atoms with Crippen molar-refractivity contribution in [3.63, 3.8) is 0 Å². The first-order valence-electron chi connectivity index (χ1n) is 8.71. The number of halogens is 1. The summed E-state index contributed by atoms with van der Waals surface area (Å²) in [4.78, 5) is 30.5. The van der Waals surface area contributed by atoms with Crippen molar-refractivity contribution in [2.75, 3.05) is 33.4 Å². The molecule has 7 heteroatoms. The summed E-state index contributed by atoms with van der Waals surface area (Å²) in [6.07, 6.45) is 3.83. The molecule has 0 spiro atoms. The van der Waals surface area contributed by atoms with E-state index in [0.717, 1.165) is 12.8 Å². The topological polar surface area (TPSA) is 71.5 Å². The lowest BCUT2D eigenvalue weighted by molar-refractivity contribution is -0.123. The largest absolute Gasteiger partial charge is 0.383 e. The lowest BCUT2D eigenvalue weighted by atomic mass is 9.81. The minimum Gasteiger partial charge on any atom is -0.383 e. The molecule has 25 heavy (non-hydrogen) atoms. The summed E-state index contributed by atoms with van der Waals surface area (Å²) >= 11 is 5.88. The van der Waals surface area contributed by atoms with Gasteiger partial charge in [-0.2, -0.15) is 0 Å². The van der Waals surface area contributed by atoms with Crippen molar-refractivity contribution in [2.24, 2.45) is 11.8 Å². The molecule has 1 aliphatic heterocycles. The monoisotopic (exact) mass is 367 g/mol. The Balaban J connectivity index is 1.92. The lowest BCUT2D eigenvalue weighted by Gasteiger charge is -2.38. The number of hydrogen-bond acceptors (Lipinski definition) is 4. The van der Waals surface area contributed by atoms with E-state index in [1.165, 1.54) is 0 Å². The Morgan fingerprint density at radius 3 is 2.92 bits per heavy atom. The van der Waals surface area contributed by atoms with Gasteiger partial charge >= 0.3 is 0 Å². The Morgan fingerprint density at radius 2 is 2.24 bits per heavy atom. The number of piperidine rings is 1. The number of nitrogens with zero attached hydrogens (tertiary/aromatic N) is 2. The third kappa shape index (κ3) is 5.68. The third-order valence-electron chi connectivity index (χ3n) is 4.75. The highest BCUT2D eigenvalue weighted by molar-refractivity contribution is 6.29. The van der Waals surface area contributed by atoms with Gasteiger partial charge in [-0.3, -0.25) is 9.59 Å². The normalized spacial score (nSPS) is 20.4. The van der Waals surface area contributed by atoms with E-state index >= 15 is 0 Å². The zero-order chi connectivity index (χ0) is 18.2. The molecule has 2 unspecified atom stereocenters.